The van der Waals surface area contributed by atoms with Crippen LogP contribution in [0.2, 0.25) is 5.02 Å². The summed E-state index contributed by atoms with van der Waals surface area (Å²) in [5.41, 5.74) is 3.44. The average molecular weight is 343 g/mol. The van der Waals surface area contributed by atoms with Crippen molar-refractivity contribution in [2.75, 3.05) is 0 Å². The SMILES string of the molecule is Cc1ccc(/C=N/n2cnnc2SCc2ccc(Cl)cc2)cc1. The maximum atomic E-state index is 5.89. The average Bonchev–Trinajstić information content (AvgIpc) is 3.01. The molecule has 23 heavy (non-hydrogen) atoms. The van der Waals surface area contributed by atoms with Crippen LogP contribution in [0.15, 0.2) is 65.1 Å². The van der Waals surface area contributed by atoms with Gasteiger partial charge in [-0.2, -0.15) is 9.78 Å². The molecular formula is C17H15ClN4S. The molecule has 116 valence electrons. The summed E-state index contributed by atoms with van der Waals surface area (Å²) in [6.07, 6.45) is 3.41. The van der Waals surface area contributed by atoms with Gasteiger partial charge < -0.3 is 0 Å². The minimum absolute atomic E-state index is 0.740. The molecule has 4 nitrogen and oxygen atoms in total. The van der Waals surface area contributed by atoms with Crippen molar-refractivity contribution in [2.24, 2.45) is 5.10 Å². The van der Waals surface area contributed by atoms with Crippen molar-refractivity contribution >= 4 is 29.6 Å². The predicted octanol–water partition coefficient (Wildman–Crippen LogP) is 4.41. The molecule has 0 spiro atoms. The Labute approximate surface area is 144 Å². The molecule has 1 heterocycles. The van der Waals surface area contributed by atoms with E-state index in [1.54, 1.807) is 29.0 Å². The normalized spacial score (nSPS) is 11.2. The van der Waals surface area contributed by atoms with Crippen LogP contribution >= 0.6 is 23.4 Å². The molecule has 1 aromatic heterocycles. The summed E-state index contributed by atoms with van der Waals surface area (Å²) in [4.78, 5) is 0. The second-order valence-electron chi connectivity index (χ2n) is 5.03. The van der Waals surface area contributed by atoms with E-state index < -0.39 is 0 Å². The molecule has 0 aliphatic rings. The van der Waals surface area contributed by atoms with E-state index in [0.29, 0.717) is 0 Å². The summed E-state index contributed by atoms with van der Waals surface area (Å²) in [6.45, 7) is 2.06. The fourth-order valence-electron chi connectivity index (χ4n) is 1.90. The second kappa shape index (κ2) is 7.44. The van der Waals surface area contributed by atoms with Crippen molar-refractivity contribution in [2.45, 2.75) is 17.8 Å². The predicted molar refractivity (Wildman–Crippen MR) is 95.2 cm³/mol. The van der Waals surface area contributed by atoms with Gasteiger partial charge in [0.05, 0.1) is 6.21 Å². The van der Waals surface area contributed by atoms with Crippen molar-refractivity contribution in [3.05, 3.63) is 76.6 Å². The van der Waals surface area contributed by atoms with Crippen LogP contribution in [0.1, 0.15) is 16.7 Å². The maximum absolute atomic E-state index is 5.89. The molecule has 2 aromatic carbocycles. The van der Waals surface area contributed by atoms with Gasteiger partial charge in [-0.3, -0.25) is 0 Å². The van der Waals surface area contributed by atoms with Crippen LogP contribution in [0, 0.1) is 6.92 Å². The highest BCUT2D eigenvalue weighted by Gasteiger charge is 2.04. The van der Waals surface area contributed by atoms with Crippen LogP contribution in [-0.2, 0) is 5.75 Å². The molecule has 0 amide bonds. The first-order valence-corrected chi connectivity index (χ1v) is 8.45. The highest BCUT2D eigenvalue weighted by molar-refractivity contribution is 7.98. The summed E-state index contributed by atoms with van der Waals surface area (Å²) in [5, 5.41) is 14.0. The van der Waals surface area contributed by atoms with Crippen LogP contribution in [0.4, 0.5) is 0 Å². The molecule has 0 bridgehead atoms. The van der Waals surface area contributed by atoms with E-state index >= 15 is 0 Å². The Balaban J connectivity index is 1.67. The molecule has 0 fully saturated rings. The number of aryl methyl sites for hydroxylation is 1. The largest absolute Gasteiger partial charge is 0.212 e. The van der Waals surface area contributed by atoms with Crippen LogP contribution in [0.3, 0.4) is 0 Å². The Morgan fingerprint density at radius 2 is 1.87 bits per heavy atom. The minimum atomic E-state index is 0.740. The van der Waals surface area contributed by atoms with E-state index in [0.717, 1.165) is 21.5 Å². The number of nitrogens with zero attached hydrogens (tertiary/aromatic N) is 4. The Hall–Kier alpha value is -2.11. The molecule has 0 unspecified atom stereocenters. The number of rotatable bonds is 5. The molecule has 0 atom stereocenters. The standard InChI is InChI=1S/C17H15ClN4S/c1-13-2-4-14(5-3-13)10-20-22-12-19-21-17(22)23-11-15-6-8-16(18)9-7-15/h2-10,12H,11H2,1H3/b20-10+. The van der Waals surface area contributed by atoms with Crippen LogP contribution in [-0.4, -0.2) is 21.1 Å². The summed E-state index contributed by atoms with van der Waals surface area (Å²) in [5.74, 6) is 0.788. The maximum Gasteiger partial charge on any atom is 0.212 e. The van der Waals surface area contributed by atoms with Gasteiger partial charge in [0.1, 0.15) is 6.33 Å². The first-order valence-electron chi connectivity index (χ1n) is 7.09. The Kier molecular flexibility index (Phi) is 5.10. The summed E-state index contributed by atoms with van der Waals surface area (Å²) >= 11 is 7.48. The van der Waals surface area contributed by atoms with Crippen LogP contribution in [0.5, 0.6) is 0 Å². The zero-order valence-electron chi connectivity index (χ0n) is 12.6. The first kappa shape index (κ1) is 15.8. The quantitative estimate of drug-likeness (QED) is 0.509. The summed E-state index contributed by atoms with van der Waals surface area (Å²) < 4.78 is 1.68. The molecule has 0 N–H and O–H groups in total. The van der Waals surface area contributed by atoms with Gasteiger partial charge in [-0.1, -0.05) is 65.3 Å². The molecule has 0 aliphatic heterocycles. The minimum Gasteiger partial charge on any atom is -0.195 e. The van der Waals surface area contributed by atoms with Gasteiger partial charge >= 0.3 is 0 Å². The highest BCUT2D eigenvalue weighted by atomic mass is 35.5. The molecule has 3 rings (SSSR count). The van der Waals surface area contributed by atoms with Gasteiger partial charge in [0.15, 0.2) is 0 Å². The monoisotopic (exact) mass is 342 g/mol. The fraction of sp³-hybridized carbons (Fsp3) is 0.118. The number of hydrogen-bond acceptors (Lipinski definition) is 4. The highest BCUT2D eigenvalue weighted by Crippen LogP contribution is 2.21. The van der Waals surface area contributed by atoms with Crippen molar-refractivity contribution in [1.82, 2.24) is 14.9 Å². The molecule has 0 saturated carbocycles. The lowest BCUT2D eigenvalue weighted by molar-refractivity contribution is 0.767. The van der Waals surface area contributed by atoms with Crippen molar-refractivity contribution in [3.8, 4) is 0 Å². The van der Waals surface area contributed by atoms with Crippen molar-refractivity contribution in [1.29, 1.82) is 0 Å². The number of halogens is 1. The topological polar surface area (TPSA) is 43.1 Å². The second-order valence-corrected chi connectivity index (χ2v) is 6.41. The molecule has 0 aliphatic carbocycles. The third-order valence-electron chi connectivity index (χ3n) is 3.19. The smallest absolute Gasteiger partial charge is 0.195 e. The lowest BCUT2D eigenvalue weighted by atomic mass is 10.2. The third-order valence-corrected chi connectivity index (χ3v) is 4.45. The number of benzene rings is 2. The number of aromatic nitrogens is 3. The first-order chi connectivity index (χ1) is 11.2. The molecule has 0 radical (unpaired) electrons. The lowest BCUT2D eigenvalue weighted by Gasteiger charge is -2.01. The number of hydrogen-bond donors (Lipinski definition) is 0. The molecule has 6 heteroatoms. The van der Waals surface area contributed by atoms with Gasteiger partial charge in [-0.05, 0) is 30.2 Å². The molecule has 0 saturated heterocycles. The lowest BCUT2D eigenvalue weighted by Crippen LogP contribution is -1.93. The Bertz CT molecular complexity index is 794. The Morgan fingerprint density at radius 3 is 2.61 bits per heavy atom. The zero-order chi connectivity index (χ0) is 16.1. The van der Waals surface area contributed by atoms with E-state index in [-0.39, 0.29) is 0 Å². The fourth-order valence-corrected chi connectivity index (χ4v) is 2.85. The Morgan fingerprint density at radius 1 is 1.13 bits per heavy atom. The van der Waals surface area contributed by atoms with Crippen molar-refractivity contribution in [3.63, 3.8) is 0 Å². The number of thioether (sulfide) groups is 1. The van der Waals surface area contributed by atoms with Gasteiger partial charge in [0.25, 0.3) is 0 Å². The summed E-state index contributed by atoms with van der Waals surface area (Å²) in [7, 11) is 0. The zero-order valence-corrected chi connectivity index (χ0v) is 14.1. The van der Waals surface area contributed by atoms with E-state index in [4.69, 9.17) is 11.6 Å². The van der Waals surface area contributed by atoms with E-state index in [1.807, 2.05) is 36.4 Å². The van der Waals surface area contributed by atoms with Gasteiger partial charge in [-0.15, -0.1) is 10.2 Å². The van der Waals surface area contributed by atoms with Crippen molar-refractivity contribution < 1.29 is 0 Å². The molecular weight excluding hydrogens is 328 g/mol. The van der Waals surface area contributed by atoms with E-state index in [1.165, 1.54) is 11.1 Å². The van der Waals surface area contributed by atoms with Crippen LogP contribution < -0.4 is 0 Å². The van der Waals surface area contributed by atoms with Gasteiger partial charge in [0.2, 0.25) is 5.16 Å². The molecule has 3 aromatic rings. The third kappa shape index (κ3) is 4.43. The van der Waals surface area contributed by atoms with Gasteiger partial charge in [0, 0.05) is 10.8 Å². The van der Waals surface area contributed by atoms with E-state index in [9.17, 15) is 0 Å². The summed E-state index contributed by atoms with van der Waals surface area (Å²) in [6, 6.07) is 16.0. The van der Waals surface area contributed by atoms with Crippen LogP contribution in [0.25, 0.3) is 0 Å². The van der Waals surface area contributed by atoms with E-state index in [2.05, 4.69) is 34.4 Å². The van der Waals surface area contributed by atoms with Gasteiger partial charge in [-0.25, -0.2) is 0 Å².